The van der Waals surface area contributed by atoms with Crippen LogP contribution in [0.1, 0.15) is 5.76 Å². The molecule has 0 aliphatic carbocycles. The van der Waals surface area contributed by atoms with Crippen LogP contribution < -0.4 is 5.56 Å². The number of thioether (sulfide) groups is 1. The molecule has 0 amide bonds. The van der Waals surface area contributed by atoms with Gasteiger partial charge in [-0.15, -0.1) is 11.3 Å². The van der Waals surface area contributed by atoms with Crippen LogP contribution in [0.15, 0.2) is 44.2 Å². The smallest absolute Gasteiger partial charge is 0.313 e. The van der Waals surface area contributed by atoms with E-state index in [2.05, 4.69) is 4.98 Å². The van der Waals surface area contributed by atoms with Crippen molar-refractivity contribution < 1.29 is 14.3 Å². The zero-order valence-electron chi connectivity index (χ0n) is 10.7. The number of aromatic nitrogens is 2. The van der Waals surface area contributed by atoms with E-state index in [4.69, 9.17) is 9.52 Å². The first kappa shape index (κ1) is 13.9. The van der Waals surface area contributed by atoms with Gasteiger partial charge in [0, 0.05) is 0 Å². The van der Waals surface area contributed by atoms with E-state index in [1.807, 2.05) is 0 Å². The molecule has 0 spiro atoms. The van der Waals surface area contributed by atoms with Gasteiger partial charge < -0.3 is 9.52 Å². The number of hydrogen-bond acceptors (Lipinski definition) is 6. The number of furan rings is 1. The molecule has 3 aromatic rings. The molecule has 8 heteroatoms. The van der Waals surface area contributed by atoms with Crippen LogP contribution in [-0.2, 0) is 11.3 Å². The summed E-state index contributed by atoms with van der Waals surface area (Å²) in [5.74, 6) is -0.489. The predicted octanol–water partition coefficient (Wildman–Crippen LogP) is 2.28. The molecule has 0 aromatic carbocycles. The fraction of sp³-hybridized carbons (Fsp3) is 0.154. The largest absolute Gasteiger partial charge is 0.481 e. The zero-order valence-corrected chi connectivity index (χ0v) is 12.3. The SMILES string of the molecule is O=C(O)CSc1nc2ccsc2c(=O)n1Cc1ccco1. The Kier molecular flexibility index (Phi) is 3.80. The van der Waals surface area contributed by atoms with Gasteiger partial charge in [0.15, 0.2) is 5.16 Å². The van der Waals surface area contributed by atoms with Gasteiger partial charge in [-0.05, 0) is 23.6 Å². The highest BCUT2D eigenvalue weighted by Gasteiger charge is 2.15. The third-order valence-corrected chi connectivity index (χ3v) is 4.60. The van der Waals surface area contributed by atoms with Crippen LogP contribution in [0, 0.1) is 0 Å². The lowest BCUT2D eigenvalue weighted by molar-refractivity contribution is -0.133. The molecule has 0 atom stereocenters. The minimum atomic E-state index is -0.954. The molecule has 21 heavy (non-hydrogen) atoms. The van der Waals surface area contributed by atoms with Gasteiger partial charge in [-0.1, -0.05) is 11.8 Å². The molecule has 0 radical (unpaired) electrons. The van der Waals surface area contributed by atoms with E-state index >= 15 is 0 Å². The maximum absolute atomic E-state index is 12.5. The zero-order chi connectivity index (χ0) is 14.8. The summed E-state index contributed by atoms with van der Waals surface area (Å²) in [4.78, 5) is 27.6. The maximum Gasteiger partial charge on any atom is 0.313 e. The molecule has 0 saturated carbocycles. The molecule has 0 aliphatic heterocycles. The highest BCUT2D eigenvalue weighted by Crippen LogP contribution is 2.21. The Balaban J connectivity index is 2.08. The van der Waals surface area contributed by atoms with Gasteiger partial charge in [-0.25, -0.2) is 4.98 Å². The fourth-order valence-corrected chi connectivity index (χ4v) is 3.35. The van der Waals surface area contributed by atoms with Crippen molar-refractivity contribution in [3.8, 4) is 0 Å². The third-order valence-electron chi connectivity index (χ3n) is 2.75. The number of nitrogens with zero attached hydrogens (tertiary/aromatic N) is 2. The van der Waals surface area contributed by atoms with Crippen molar-refractivity contribution in [1.29, 1.82) is 0 Å². The van der Waals surface area contributed by atoms with Gasteiger partial charge in [-0.2, -0.15) is 0 Å². The van der Waals surface area contributed by atoms with E-state index in [1.54, 1.807) is 23.6 Å². The van der Waals surface area contributed by atoms with E-state index in [1.165, 1.54) is 22.2 Å². The second-order valence-corrected chi connectivity index (χ2v) is 6.04. The Labute approximate surface area is 127 Å². The standard InChI is InChI=1S/C13H10N2O4S2/c16-10(17)7-21-13-14-9-3-5-20-11(9)12(18)15(13)6-8-2-1-4-19-8/h1-5H,6-7H2,(H,16,17). The lowest BCUT2D eigenvalue weighted by Crippen LogP contribution is -2.23. The highest BCUT2D eigenvalue weighted by molar-refractivity contribution is 7.99. The second kappa shape index (κ2) is 5.74. The molecule has 1 N–H and O–H groups in total. The molecular formula is C13H10N2O4S2. The van der Waals surface area contributed by atoms with E-state index in [0.717, 1.165) is 11.8 Å². The van der Waals surface area contributed by atoms with Crippen LogP contribution in [-0.4, -0.2) is 26.4 Å². The van der Waals surface area contributed by atoms with E-state index in [-0.39, 0.29) is 17.9 Å². The Morgan fingerprint density at radius 1 is 1.48 bits per heavy atom. The molecule has 6 nitrogen and oxygen atoms in total. The van der Waals surface area contributed by atoms with Crippen molar-refractivity contribution in [2.24, 2.45) is 0 Å². The van der Waals surface area contributed by atoms with E-state index < -0.39 is 5.97 Å². The summed E-state index contributed by atoms with van der Waals surface area (Å²) in [6.45, 7) is 0.231. The number of thiophene rings is 1. The summed E-state index contributed by atoms with van der Waals surface area (Å²) in [7, 11) is 0. The van der Waals surface area contributed by atoms with Crippen LogP contribution >= 0.6 is 23.1 Å². The first-order valence-electron chi connectivity index (χ1n) is 6.00. The Bertz CT molecular complexity index is 836. The van der Waals surface area contributed by atoms with Gasteiger partial charge in [0.1, 0.15) is 10.5 Å². The Morgan fingerprint density at radius 3 is 3.05 bits per heavy atom. The average molecular weight is 322 g/mol. The number of aliphatic carboxylic acids is 1. The van der Waals surface area contributed by atoms with Gasteiger partial charge in [-0.3, -0.25) is 14.2 Å². The molecule has 0 unspecified atom stereocenters. The average Bonchev–Trinajstić information content (AvgIpc) is 3.11. The van der Waals surface area contributed by atoms with Gasteiger partial charge in [0.05, 0.1) is 24.1 Å². The highest BCUT2D eigenvalue weighted by atomic mass is 32.2. The monoisotopic (exact) mass is 322 g/mol. The Hall–Kier alpha value is -2.06. The topological polar surface area (TPSA) is 85.3 Å². The molecule has 0 fully saturated rings. The van der Waals surface area contributed by atoms with Crippen LogP contribution in [0.5, 0.6) is 0 Å². The Morgan fingerprint density at radius 2 is 2.33 bits per heavy atom. The summed E-state index contributed by atoms with van der Waals surface area (Å²) in [6.07, 6.45) is 1.53. The molecule has 108 valence electrons. The second-order valence-electron chi connectivity index (χ2n) is 4.18. The summed E-state index contributed by atoms with van der Waals surface area (Å²) < 4.78 is 7.26. The minimum Gasteiger partial charge on any atom is -0.481 e. The summed E-state index contributed by atoms with van der Waals surface area (Å²) in [5, 5.41) is 11.0. The van der Waals surface area contributed by atoms with Crippen molar-refractivity contribution >= 4 is 39.3 Å². The molecule has 3 rings (SSSR count). The molecule has 0 bridgehead atoms. The molecule has 3 heterocycles. The third kappa shape index (κ3) is 2.86. The summed E-state index contributed by atoms with van der Waals surface area (Å²) in [5.41, 5.74) is 0.410. The number of rotatable bonds is 5. The number of carbonyl (C=O) groups is 1. The quantitative estimate of drug-likeness (QED) is 0.573. The van der Waals surface area contributed by atoms with E-state index in [0.29, 0.717) is 21.1 Å². The number of carboxylic acids is 1. The number of carboxylic acid groups (broad SMARTS) is 1. The van der Waals surface area contributed by atoms with Crippen molar-refractivity contribution in [3.05, 3.63) is 46.0 Å². The predicted molar refractivity (Wildman–Crippen MR) is 80.0 cm³/mol. The molecule has 0 saturated heterocycles. The van der Waals surface area contributed by atoms with Crippen molar-refractivity contribution in [3.63, 3.8) is 0 Å². The van der Waals surface area contributed by atoms with Gasteiger partial charge >= 0.3 is 5.97 Å². The van der Waals surface area contributed by atoms with Crippen molar-refractivity contribution in [1.82, 2.24) is 9.55 Å². The molecular weight excluding hydrogens is 312 g/mol. The van der Waals surface area contributed by atoms with Gasteiger partial charge in [0.2, 0.25) is 0 Å². The first-order chi connectivity index (χ1) is 10.1. The lowest BCUT2D eigenvalue weighted by atomic mass is 10.4. The number of hydrogen-bond donors (Lipinski definition) is 1. The van der Waals surface area contributed by atoms with Crippen molar-refractivity contribution in [2.75, 3.05) is 5.75 Å². The van der Waals surface area contributed by atoms with Crippen LogP contribution in [0.3, 0.4) is 0 Å². The van der Waals surface area contributed by atoms with Crippen LogP contribution in [0.2, 0.25) is 0 Å². The van der Waals surface area contributed by atoms with Gasteiger partial charge in [0.25, 0.3) is 5.56 Å². The van der Waals surface area contributed by atoms with Crippen LogP contribution in [0.25, 0.3) is 10.2 Å². The molecule has 3 aromatic heterocycles. The van der Waals surface area contributed by atoms with Crippen molar-refractivity contribution in [2.45, 2.75) is 11.7 Å². The lowest BCUT2D eigenvalue weighted by Gasteiger charge is -2.09. The summed E-state index contributed by atoms with van der Waals surface area (Å²) >= 11 is 2.35. The maximum atomic E-state index is 12.5. The van der Waals surface area contributed by atoms with Crippen LogP contribution in [0.4, 0.5) is 0 Å². The molecule has 0 aliphatic rings. The normalized spacial score (nSPS) is 11.0. The minimum absolute atomic E-state index is 0.153. The summed E-state index contributed by atoms with van der Waals surface area (Å²) in [6, 6.07) is 5.25. The first-order valence-corrected chi connectivity index (χ1v) is 7.86. The number of fused-ring (bicyclic) bond motifs is 1. The van der Waals surface area contributed by atoms with E-state index in [9.17, 15) is 9.59 Å². The fourth-order valence-electron chi connectivity index (χ4n) is 1.86.